The maximum atomic E-state index is 7.75. The Hall–Kier alpha value is -1.59. The molecule has 0 saturated heterocycles. The van der Waals surface area contributed by atoms with Gasteiger partial charge >= 0.3 is 54.0 Å². The van der Waals surface area contributed by atoms with Gasteiger partial charge in [-0.15, -0.1) is 0 Å². The summed E-state index contributed by atoms with van der Waals surface area (Å²) in [6.45, 7) is 30.6. The summed E-state index contributed by atoms with van der Waals surface area (Å²) >= 11 is 3.24. The van der Waals surface area contributed by atoms with Crippen LogP contribution in [0.25, 0.3) is 0 Å². The molecule has 0 unspecified atom stereocenters. The third-order valence-corrected chi connectivity index (χ3v) is 19.9. The number of rotatable bonds is 16. The van der Waals surface area contributed by atoms with Crippen molar-refractivity contribution in [1.29, 1.82) is 0 Å². The zero-order chi connectivity index (χ0) is 46.1. The summed E-state index contributed by atoms with van der Waals surface area (Å²) in [6.07, 6.45) is 3.57. The predicted octanol–water partition coefficient (Wildman–Crippen LogP) is 9.83. The van der Waals surface area contributed by atoms with E-state index in [2.05, 4.69) is 238 Å². The van der Waals surface area contributed by atoms with E-state index in [-0.39, 0.29) is 0 Å². The minimum atomic E-state index is -0.758. The first-order valence-electron chi connectivity index (χ1n) is 20.4. The first-order chi connectivity index (χ1) is 29.5. The summed E-state index contributed by atoms with van der Waals surface area (Å²) < 4.78 is 0. The van der Waals surface area contributed by atoms with E-state index in [0.29, 0.717) is 10.3 Å². The zero-order valence-corrected chi connectivity index (χ0v) is 45.5. The van der Waals surface area contributed by atoms with Gasteiger partial charge in [0.25, 0.3) is 0 Å². The van der Waals surface area contributed by atoms with Crippen LogP contribution in [0.5, 0.6) is 0 Å². The van der Waals surface area contributed by atoms with Gasteiger partial charge in [0, 0.05) is 27.6 Å². The Balaban J connectivity index is 0.00000106. The molecule has 0 aliphatic heterocycles. The number of nitrogens with zero attached hydrogens (tertiary/aromatic N) is 2. The molecule has 0 bridgehead atoms. The fourth-order valence-electron chi connectivity index (χ4n) is 7.25. The second-order valence-corrected chi connectivity index (χ2v) is 25.4. The van der Waals surface area contributed by atoms with Crippen molar-refractivity contribution in [3.63, 3.8) is 0 Å². The van der Waals surface area contributed by atoms with E-state index in [9.17, 15) is 0 Å². The van der Waals surface area contributed by atoms with Gasteiger partial charge in [-0.2, -0.15) is 0 Å². The Morgan fingerprint density at radius 2 is 0.836 bits per heavy atom. The maximum absolute atomic E-state index is 7.75. The number of halogens is 2. The number of hydrogen-bond acceptors (Lipinski definition) is 5. The van der Waals surface area contributed by atoms with Crippen LogP contribution in [0.3, 0.4) is 0 Å². The molecule has 12 heteroatoms. The molecule has 5 rings (SSSR count). The average molecular weight is 1100 g/mol. The number of benzene rings is 4. The van der Waals surface area contributed by atoms with Crippen molar-refractivity contribution in [2.45, 2.75) is 78.4 Å². The number of nitrogens with one attached hydrogen (secondary N) is 1. The third kappa shape index (κ3) is 23.8. The van der Waals surface area contributed by atoms with Crippen molar-refractivity contribution >= 4 is 77.9 Å². The molecule has 5 aromatic rings. The first kappa shape index (κ1) is 59.4. The summed E-state index contributed by atoms with van der Waals surface area (Å²) in [5, 5.41) is 10.5. The van der Waals surface area contributed by atoms with Crippen LogP contribution in [0.2, 0.25) is 0 Å². The van der Waals surface area contributed by atoms with Crippen molar-refractivity contribution in [2.75, 3.05) is 38.5 Å². The summed E-state index contributed by atoms with van der Waals surface area (Å²) in [4.78, 5) is 22.9. The monoisotopic (exact) mass is 1100 g/mol. The standard InChI is InChI=1S/C28H29NP2.C19H35N2P.2CHO.2ClH.2Ru.2H/c1-5-13-25(14-6-1)30(26-15-7-2-8-16-26)23-21-29-22-24-31(27-17-9-3-10-18-27)28-19-11-4-12-20-28;1-9-21(10-2)14-16-12-11-13-17(20-16)15-22(18(3,4)5)19(6,7)8;2*1-2;;;;;;/h1-20,29H,21-24H2;11-13H,9-10,14-15H2,1-8H3;2*1H;2*1H;;;;/q;;2*-1;;;2*+3;;/p+1. The number of pyridine rings is 1. The van der Waals surface area contributed by atoms with E-state index in [4.69, 9.17) is 14.6 Å². The molecule has 0 atom stereocenters. The van der Waals surface area contributed by atoms with Crippen LogP contribution in [0, 0.1) is 0 Å². The smallest absolute Gasteiger partial charge is 0.0967 e. The second-order valence-electron chi connectivity index (χ2n) is 15.9. The van der Waals surface area contributed by atoms with E-state index in [1.807, 2.05) is 0 Å². The molecule has 1 heterocycles. The van der Waals surface area contributed by atoms with Crippen LogP contribution in [-0.2, 0) is 56.9 Å². The van der Waals surface area contributed by atoms with Crippen LogP contribution in [0.4, 0.5) is 0 Å². The van der Waals surface area contributed by atoms with Gasteiger partial charge in [-0.1, -0.05) is 92.7 Å². The summed E-state index contributed by atoms with van der Waals surface area (Å²) in [6, 6.07) is 50.8. The fraction of sp³-hybridized carbons (Fsp3) is 0.367. The van der Waals surface area contributed by atoms with Crippen molar-refractivity contribution < 1.29 is 44.2 Å². The van der Waals surface area contributed by atoms with Crippen LogP contribution < -0.4 is 26.5 Å². The molecule has 334 valence electrons. The average Bonchev–Trinajstić information content (AvgIpc) is 3.30. The Labute approximate surface area is 402 Å². The largest absolute Gasteiger partial charge is 0.310 e. The maximum Gasteiger partial charge on any atom is 0.0967 e. The molecular formula is C49H71Cl2N3O2P3Ru2+5. The van der Waals surface area contributed by atoms with E-state index < -0.39 is 23.8 Å². The molecule has 0 fully saturated rings. The molecule has 61 heavy (non-hydrogen) atoms. The molecule has 0 aliphatic rings. The number of hydrogen-bond donors (Lipinski definition) is 1. The second kappa shape index (κ2) is 35.7. The molecule has 0 saturated carbocycles. The van der Waals surface area contributed by atoms with Crippen molar-refractivity contribution in [3.8, 4) is 0 Å². The van der Waals surface area contributed by atoms with Gasteiger partial charge in [0.2, 0.25) is 0 Å². The number of carbonyl (C=O) groups excluding carboxylic acids is 2. The molecule has 1 aromatic heterocycles. The molecular weight excluding hydrogens is 1030 g/mol. The van der Waals surface area contributed by atoms with Gasteiger partial charge in [-0.05, 0) is 115 Å². The third-order valence-electron chi connectivity index (χ3n) is 9.91. The van der Waals surface area contributed by atoms with Gasteiger partial charge < -0.3 is 14.9 Å². The molecule has 0 radical (unpaired) electrons. The van der Waals surface area contributed by atoms with Crippen LogP contribution in [-0.4, -0.2) is 72.3 Å². The van der Waals surface area contributed by atoms with Gasteiger partial charge in [-0.25, -0.2) is 0 Å². The number of aromatic nitrogens is 1. The minimum absolute atomic E-state index is 0.388. The molecule has 1 N–H and O–H groups in total. The quantitative estimate of drug-likeness (QED) is 0.0351. The van der Waals surface area contributed by atoms with Gasteiger partial charge in [0.1, 0.15) is 0 Å². The van der Waals surface area contributed by atoms with Gasteiger partial charge in [-0.3, -0.25) is 23.5 Å². The Morgan fingerprint density at radius 3 is 1.13 bits per heavy atom. The Kier molecular flexibility index (Phi) is 34.8. The van der Waals surface area contributed by atoms with Crippen molar-refractivity contribution in [1.82, 2.24) is 15.2 Å². The molecule has 0 amide bonds. The predicted molar refractivity (Wildman–Crippen MR) is 274 cm³/mol. The Bertz CT molecular complexity index is 1590. The summed E-state index contributed by atoms with van der Waals surface area (Å²) in [5.41, 5.74) is 2.49. The van der Waals surface area contributed by atoms with Crippen molar-refractivity contribution in [3.05, 3.63) is 151 Å². The van der Waals surface area contributed by atoms with E-state index in [0.717, 1.165) is 38.9 Å². The zero-order valence-electron chi connectivity index (χ0n) is 37.3. The molecule has 4 aromatic carbocycles. The fourth-order valence-corrected chi connectivity index (χ4v) is 16.2. The Morgan fingerprint density at radius 1 is 0.525 bits per heavy atom. The topological polar surface area (TPSA) is 62.3 Å². The molecule has 5 nitrogen and oxygen atoms in total. The first-order valence-corrected chi connectivity index (χ1v) is 30.3. The summed E-state index contributed by atoms with van der Waals surface area (Å²) in [5.74, 6) is 0. The van der Waals surface area contributed by atoms with E-state index >= 15 is 0 Å². The summed E-state index contributed by atoms with van der Waals surface area (Å²) in [7, 11) is 7.14. The van der Waals surface area contributed by atoms with Gasteiger partial charge in [0.05, 0.1) is 77.2 Å². The minimum Gasteiger partial charge on any atom is -0.310 e. The van der Waals surface area contributed by atoms with Crippen LogP contribution in [0.15, 0.2) is 140 Å². The molecule has 0 spiro atoms. The van der Waals surface area contributed by atoms with E-state index in [1.54, 1.807) is 34.6 Å². The SMILES string of the molecule is CCN(CC)Cc1cccc(C[PH+](C(C)(C)C)C(C)(C)C)n1.[CH-]=O.[CH-]=O.[Cl][RuH+2].[Cl][RuH+2].c1ccc([PH+](CCNCC[PH+](c2ccccc2)c2ccccc2)c2ccccc2)cc1. The van der Waals surface area contributed by atoms with E-state index in [1.165, 1.54) is 44.9 Å². The molecule has 0 aliphatic carbocycles. The van der Waals surface area contributed by atoms with Crippen LogP contribution >= 0.6 is 43.1 Å². The normalized spacial score (nSPS) is 10.8. The van der Waals surface area contributed by atoms with Gasteiger partial charge in [0.15, 0.2) is 0 Å². The van der Waals surface area contributed by atoms with Crippen molar-refractivity contribution in [2.24, 2.45) is 0 Å². The van der Waals surface area contributed by atoms with Crippen LogP contribution in [0.1, 0.15) is 66.8 Å².